The molecule has 0 saturated heterocycles. The third kappa shape index (κ3) is 7.54. The van der Waals surface area contributed by atoms with Crippen LogP contribution in [0.15, 0.2) is 48.5 Å². The first-order valence-electron chi connectivity index (χ1n) is 10.6. The van der Waals surface area contributed by atoms with Crippen LogP contribution in [0.25, 0.3) is 0 Å². The molecule has 0 aliphatic heterocycles. The Hall–Kier alpha value is -3.41. The number of alkyl halides is 2. The largest absolute Gasteiger partial charge is 0.435 e. The van der Waals surface area contributed by atoms with Gasteiger partial charge in [0.25, 0.3) is 5.91 Å². The van der Waals surface area contributed by atoms with Gasteiger partial charge in [-0.3, -0.25) is 9.36 Å². The van der Waals surface area contributed by atoms with E-state index < -0.39 is 12.5 Å². The molecular formula is C23H25ClF2N4O5. The van der Waals surface area contributed by atoms with Crippen LogP contribution in [0.3, 0.4) is 0 Å². The summed E-state index contributed by atoms with van der Waals surface area (Å²) >= 11 is 5.99. The van der Waals surface area contributed by atoms with E-state index in [2.05, 4.69) is 20.4 Å². The van der Waals surface area contributed by atoms with Gasteiger partial charge in [-0.15, -0.1) is 0 Å². The Labute approximate surface area is 205 Å². The number of aliphatic hydroxyl groups excluding tert-OH is 1. The van der Waals surface area contributed by atoms with E-state index in [9.17, 15) is 13.6 Å². The molecule has 0 bridgehead atoms. The van der Waals surface area contributed by atoms with E-state index in [1.54, 1.807) is 41.9 Å². The second-order valence-corrected chi connectivity index (χ2v) is 7.54. The number of ether oxygens (including phenoxy) is 3. The first-order chi connectivity index (χ1) is 16.9. The van der Waals surface area contributed by atoms with Crippen molar-refractivity contribution >= 4 is 23.3 Å². The Morgan fingerprint density at radius 2 is 1.91 bits per heavy atom. The first-order valence-corrected chi connectivity index (χ1v) is 11.0. The van der Waals surface area contributed by atoms with E-state index in [0.29, 0.717) is 5.02 Å². The second kappa shape index (κ2) is 12.9. The lowest BCUT2D eigenvalue weighted by molar-refractivity contribution is -0.0499. The van der Waals surface area contributed by atoms with E-state index in [-0.39, 0.29) is 61.9 Å². The molecule has 9 nitrogen and oxygen atoms in total. The minimum atomic E-state index is -2.98. The van der Waals surface area contributed by atoms with Crippen molar-refractivity contribution in [2.45, 2.75) is 13.2 Å². The highest BCUT2D eigenvalue weighted by Gasteiger charge is 2.24. The van der Waals surface area contributed by atoms with Gasteiger partial charge in [-0.25, -0.2) is 0 Å². The summed E-state index contributed by atoms with van der Waals surface area (Å²) in [4.78, 5) is 17.5. The number of benzene rings is 2. The van der Waals surface area contributed by atoms with Crippen LogP contribution in [0.1, 0.15) is 16.1 Å². The number of aromatic nitrogens is 2. The van der Waals surface area contributed by atoms with E-state index in [1.807, 2.05) is 0 Å². The standard InChI is InChI=1S/C23H25ClF2N4O5/c1-27-20-19(21(32)28-9-11-33-12-10-31)30(14-15-5-7-16(24)8-6-15)23(29-20)35-18-4-2-3-17(13-18)34-22(25)26/h2-8,13,22,27,31H,9-12,14H2,1H3,(H,28,32). The summed E-state index contributed by atoms with van der Waals surface area (Å²) in [6.45, 7) is -2.30. The molecule has 0 spiro atoms. The highest BCUT2D eigenvalue weighted by Crippen LogP contribution is 2.30. The minimum Gasteiger partial charge on any atom is -0.435 e. The van der Waals surface area contributed by atoms with Crippen LogP contribution in [-0.2, 0) is 11.3 Å². The normalized spacial score (nSPS) is 10.9. The average molecular weight is 511 g/mol. The Bertz CT molecular complexity index is 1110. The maximum Gasteiger partial charge on any atom is 0.387 e. The number of aliphatic hydroxyl groups is 1. The van der Waals surface area contributed by atoms with Crippen molar-refractivity contribution < 1.29 is 32.9 Å². The molecule has 0 saturated carbocycles. The van der Waals surface area contributed by atoms with Crippen molar-refractivity contribution in [2.24, 2.45) is 0 Å². The first kappa shape index (κ1) is 26.2. The van der Waals surface area contributed by atoms with Gasteiger partial charge in [-0.1, -0.05) is 29.8 Å². The topological polar surface area (TPSA) is 107 Å². The number of halogens is 3. The summed E-state index contributed by atoms with van der Waals surface area (Å²) in [6.07, 6.45) is 0. The van der Waals surface area contributed by atoms with Crippen molar-refractivity contribution in [3.63, 3.8) is 0 Å². The average Bonchev–Trinajstić information content (AvgIpc) is 3.17. The molecule has 0 atom stereocenters. The molecule has 2 aromatic carbocycles. The molecule has 3 aromatic rings. The molecular weight excluding hydrogens is 486 g/mol. The number of anilines is 1. The Balaban J connectivity index is 1.93. The highest BCUT2D eigenvalue weighted by molar-refractivity contribution is 6.30. The van der Waals surface area contributed by atoms with Crippen LogP contribution >= 0.6 is 11.6 Å². The number of carbonyl (C=O) groups excluding carboxylic acids is 1. The van der Waals surface area contributed by atoms with Crippen LogP contribution in [0.5, 0.6) is 17.5 Å². The molecule has 1 aromatic heterocycles. The van der Waals surface area contributed by atoms with E-state index in [4.69, 9.17) is 26.2 Å². The van der Waals surface area contributed by atoms with Gasteiger partial charge in [-0.05, 0) is 29.8 Å². The molecule has 35 heavy (non-hydrogen) atoms. The van der Waals surface area contributed by atoms with Gasteiger partial charge in [0.05, 0.1) is 26.4 Å². The van der Waals surface area contributed by atoms with Crippen molar-refractivity contribution in [1.82, 2.24) is 14.9 Å². The van der Waals surface area contributed by atoms with Crippen molar-refractivity contribution in [3.05, 3.63) is 64.8 Å². The lowest BCUT2D eigenvalue weighted by atomic mass is 10.2. The Morgan fingerprint density at radius 1 is 1.17 bits per heavy atom. The van der Waals surface area contributed by atoms with Crippen LogP contribution in [0.4, 0.5) is 14.6 Å². The zero-order chi connectivity index (χ0) is 25.2. The third-order valence-electron chi connectivity index (χ3n) is 4.65. The van der Waals surface area contributed by atoms with Gasteiger partial charge in [0, 0.05) is 24.7 Å². The molecule has 0 unspecified atom stereocenters. The summed E-state index contributed by atoms with van der Waals surface area (Å²) in [6, 6.07) is 12.8. The quantitative estimate of drug-likeness (QED) is 0.301. The van der Waals surface area contributed by atoms with Gasteiger partial charge in [-0.2, -0.15) is 13.8 Å². The number of nitrogens with zero attached hydrogens (tertiary/aromatic N) is 2. The van der Waals surface area contributed by atoms with Gasteiger partial charge in [0.2, 0.25) is 0 Å². The minimum absolute atomic E-state index is 0.0557. The van der Waals surface area contributed by atoms with E-state index >= 15 is 0 Å². The number of carbonyl (C=O) groups is 1. The second-order valence-electron chi connectivity index (χ2n) is 7.10. The Kier molecular flexibility index (Phi) is 9.65. The molecule has 188 valence electrons. The summed E-state index contributed by atoms with van der Waals surface area (Å²) in [5, 5.41) is 15.0. The smallest absolute Gasteiger partial charge is 0.387 e. The fourth-order valence-electron chi connectivity index (χ4n) is 3.14. The summed E-state index contributed by atoms with van der Waals surface area (Å²) < 4.78 is 42.3. The zero-order valence-electron chi connectivity index (χ0n) is 18.8. The van der Waals surface area contributed by atoms with Gasteiger partial charge < -0.3 is 30.0 Å². The van der Waals surface area contributed by atoms with Gasteiger partial charge in [0.15, 0.2) is 11.5 Å². The third-order valence-corrected chi connectivity index (χ3v) is 4.90. The van der Waals surface area contributed by atoms with Crippen LogP contribution < -0.4 is 20.1 Å². The predicted molar refractivity (Wildman–Crippen MR) is 126 cm³/mol. The molecule has 3 N–H and O–H groups in total. The van der Waals surface area contributed by atoms with Crippen molar-refractivity contribution in [1.29, 1.82) is 0 Å². The molecule has 0 aliphatic rings. The fraction of sp³-hybridized carbons (Fsp3) is 0.304. The number of hydrogen-bond donors (Lipinski definition) is 3. The molecule has 0 radical (unpaired) electrons. The number of rotatable bonds is 13. The van der Waals surface area contributed by atoms with E-state index in [0.717, 1.165) is 5.56 Å². The van der Waals surface area contributed by atoms with Crippen molar-refractivity contribution in [2.75, 3.05) is 38.7 Å². The molecule has 3 rings (SSSR count). The monoisotopic (exact) mass is 510 g/mol. The molecule has 1 amide bonds. The molecule has 0 fully saturated rings. The lowest BCUT2D eigenvalue weighted by Gasteiger charge is -2.14. The molecule has 0 aliphatic carbocycles. The van der Waals surface area contributed by atoms with Gasteiger partial charge >= 0.3 is 12.6 Å². The highest BCUT2D eigenvalue weighted by atomic mass is 35.5. The van der Waals surface area contributed by atoms with Crippen molar-refractivity contribution in [3.8, 4) is 17.5 Å². The van der Waals surface area contributed by atoms with Gasteiger partial charge in [0.1, 0.15) is 11.5 Å². The van der Waals surface area contributed by atoms with Crippen LogP contribution in [0.2, 0.25) is 5.02 Å². The SMILES string of the molecule is CNc1nc(Oc2cccc(OC(F)F)c2)n(Cc2ccc(Cl)cc2)c1C(=O)NCCOCCO. The predicted octanol–water partition coefficient (Wildman–Crippen LogP) is 3.76. The van der Waals surface area contributed by atoms with Crippen LogP contribution in [0, 0.1) is 0 Å². The number of nitrogens with one attached hydrogen (secondary N) is 2. The molecule has 1 heterocycles. The lowest BCUT2D eigenvalue weighted by Crippen LogP contribution is -2.30. The maximum absolute atomic E-state index is 13.1. The molecule has 12 heteroatoms. The fourth-order valence-corrected chi connectivity index (χ4v) is 3.27. The number of imidazole rings is 1. The summed E-state index contributed by atoms with van der Waals surface area (Å²) in [5.74, 6) is -0.0729. The summed E-state index contributed by atoms with van der Waals surface area (Å²) in [7, 11) is 1.61. The Morgan fingerprint density at radius 3 is 2.60 bits per heavy atom. The van der Waals surface area contributed by atoms with Crippen LogP contribution in [-0.4, -0.2) is 60.6 Å². The summed E-state index contributed by atoms with van der Waals surface area (Å²) in [5.41, 5.74) is 1.01. The number of hydrogen-bond acceptors (Lipinski definition) is 7. The maximum atomic E-state index is 13.1. The number of amides is 1. The zero-order valence-corrected chi connectivity index (χ0v) is 19.6. The van der Waals surface area contributed by atoms with E-state index in [1.165, 1.54) is 18.2 Å².